The van der Waals surface area contributed by atoms with Gasteiger partial charge in [-0.05, 0) is 48.4 Å². The van der Waals surface area contributed by atoms with Crippen LogP contribution in [0.4, 0.5) is 0 Å². The van der Waals surface area contributed by atoms with Crippen LogP contribution in [0.15, 0.2) is 42.5 Å². The second kappa shape index (κ2) is 10.0. The molecule has 0 fully saturated rings. The second-order valence-electron chi connectivity index (χ2n) is 7.28. The Labute approximate surface area is 199 Å². The van der Waals surface area contributed by atoms with E-state index in [0.717, 1.165) is 25.7 Å². The van der Waals surface area contributed by atoms with Gasteiger partial charge in [-0.2, -0.15) is 0 Å². The molecule has 0 N–H and O–H groups in total. The zero-order valence-corrected chi connectivity index (χ0v) is 23.4. The van der Waals surface area contributed by atoms with Crippen molar-refractivity contribution in [2.45, 2.75) is 46.0 Å². The van der Waals surface area contributed by atoms with E-state index >= 15 is 0 Å². The summed E-state index contributed by atoms with van der Waals surface area (Å²) in [6.45, 7) is 4.56. The van der Waals surface area contributed by atoms with Gasteiger partial charge in [0, 0.05) is 25.0 Å². The zero-order valence-electron chi connectivity index (χ0n) is 16.3. The van der Waals surface area contributed by atoms with Crippen LogP contribution >= 0.6 is 44.1 Å². The van der Waals surface area contributed by atoms with Crippen molar-refractivity contribution in [2.75, 3.05) is 0 Å². The summed E-state index contributed by atoms with van der Waals surface area (Å²) >= 11 is -4.33. The van der Waals surface area contributed by atoms with Gasteiger partial charge in [-0.25, -0.2) is 0 Å². The summed E-state index contributed by atoms with van der Waals surface area (Å²) in [7, 11) is 25.2. The molecule has 0 aromatic heterocycles. The molecular weight excluding hydrogens is 599 g/mol. The summed E-state index contributed by atoms with van der Waals surface area (Å²) in [6, 6.07) is 16.4. The number of aryl methyl sites for hydroxylation is 4. The molecule has 4 aliphatic carbocycles. The number of halogens is 6. The molecule has 0 atom stereocenters. The van der Waals surface area contributed by atoms with E-state index in [4.69, 9.17) is 44.1 Å². The van der Waals surface area contributed by atoms with Crippen molar-refractivity contribution in [3.05, 3.63) is 75.8 Å². The molecular formula is C22H23Cl6Sb. The normalized spacial score (nSPS) is 14.8. The Morgan fingerprint density at radius 1 is 0.793 bits per heavy atom. The molecule has 0 nitrogen and oxygen atoms in total. The topological polar surface area (TPSA) is 0 Å². The molecule has 4 aliphatic rings. The Balaban J connectivity index is 0.000000379. The number of hydrogen-bond acceptors (Lipinski definition) is 0. The van der Waals surface area contributed by atoms with Crippen molar-refractivity contribution in [1.82, 2.24) is 0 Å². The van der Waals surface area contributed by atoms with Crippen molar-refractivity contribution < 1.29 is 12.4 Å². The van der Waals surface area contributed by atoms with Crippen molar-refractivity contribution >= 4 is 55.8 Å². The van der Waals surface area contributed by atoms with Crippen LogP contribution in [0.5, 0.6) is 0 Å². The van der Waals surface area contributed by atoms with Crippen LogP contribution in [0.25, 0.3) is 11.1 Å². The number of rotatable bonds is 2. The van der Waals surface area contributed by atoms with E-state index in [1.807, 2.05) is 0 Å². The molecule has 0 spiro atoms. The average molecular weight is 622 g/mol. The molecule has 7 rings (SSSR count). The molecule has 0 saturated carbocycles. The molecule has 3 aromatic carbocycles. The first kappa shape index (κ1) is 25.9. The number of hydrogen-bond donors (Lipinski definition) is 0. The first-order chi connectivity index (χ1) is 13.0. The SMILES string of the molecule is CCc1c(-c2cc3ccc2CCc2ccc(cc2)CC3)[c+]1C.[Cl-].[Cl][Sb]([Cl])([Cl])([Cl])[Cl]. The van der Waals surface area contributed by atoms with Crippen molar-refractivity contribution in [3.63, 3.8) is 0 Å². The van der Waals surface area contributed by atoms with Crippen LogP contribution in [0.2, 0.25) is 0 Å². The third kappa shape index (κ3) is 8.23. The predicted molar refractivity (Wildman–Crippen MR) is 129 cm³/mol. The summed E-state index contributed by atoms with van der Waals surface area (Å²) in [5.74, 6) is 0. The Hall–Kier alpha value is 0.608. The summed E-state index contributed by atoms with van der Waals surface area (Å²) in [4.78, 5) is 0. The average Bonchev–Trinajstić information content (AvgIpc) is 3.24. The van der Waals surface area contributed by atoms with Crippen LogP contribution in [0.1, 0.15) is 40.3 Å². The van der Waals surface area contributed by atoms with Gasteiger partial charge in [0.25, 0.3) is 0 Å². The van der Waals surface area contributed by atoms with Crippen molar-refractivity contribution in [1.29, 1.82) is 0 Å². The van der Waals surface area contributed by atoms with Crippen LogP contribution in [0.3, 0.4) is 0 Å². The van der Waals surface area contributed by atoms with Gasteiger partial charge >= 0.3 is 55.8 Å². The van der Waals surface area contributed by atoms with E-state index in [0.29, 0.717) is 0 Å². The predicted octanol–water partition coefficient (Wildman–Crippen LogP) is 5.34. The standard InChI is InChI=1S/C22H23.6ClH.Sb/c1-3-20-15(2)22(20)21-14-18-9-8-16-4-6-17(7-5-16)10-12-19(21)13-11-18;;;;;;;/h4-7,11,13-14H,3,8-10,12H2,1-2H3;6*1H;/q+1;;;;;;;+5/p-6. The van der Waals surface area contributed by atoms with Gasteiger partial charge in [-0.15, -0.1) is 0 Å². The summed E-state index contributed by atoms with van der Waals surface area (Å²) in [5.41, 5.74) is 12.1. The van der Waals surface area contributed by atoms with Crippen molar-refractivity contribution in [3.8, 4) is 11.1 Å². The fraction of sp³-hybridized carbons (Fsp3) is 0.318. The molecule has 0 saturated heterocycles. The van der Waals surface area contributed by atoms with E-state index < -0.39 is 11.7 Å². The van der Waals surface area contributed by atoms with E-state index in [9.17, 15) is 0 Å². The maximum absolute atomic E-state index is 5.05. The van der Waals surface area contributed by atoms with Gasteiger partial charge in [0.15, 0.2) is 5.56 Å². The quantitative estimate of drug-likeness (QED) is 0.268. The first-order valence-electron chi connectivity index (χ1n) is 9.38. The van der Waals surface area contributed by atoms with Crippen LogP contribution in [-0.4, -0.2) is 11.7 Å². The third-order valence-electron chi connectivity index (χ3n) is 5.27. The summed E-state index contributed by atoms with van der Waals surface area (Å²) in [5, 5.41) is 0. The Morgan fingerprint density at radius 3 is 1.72 bits per heavy atom. The second-order valence-corrected chi connectivity index (χ2v) is 45.2. The van der Waals surface area contributed by atoms with Gasteiger partial charge in [0.05, 0.1) is 0 Å². The van der Waals surface area contributed by atoms with E-state index in [1.165, 1.54) is 39.8 Å². The van der Waals surface area contributed by atoms with Crippen LogP contribution in [0, 0.1) is 6.92 Å². The van der Waals surface area contributed by atoms with Gasteiger partial charge in [0.2, 0.25) is 0 Å². The fourth-order valence-electron chi connectivity index (χ4n) is 3.81. The minimum atomic E-state index is -4.33. The van der Waals surface area contributed by atoms with Crippen LogP contribution < -0.4 is 12.4 Å². The Kier molecular flexibility index (Phi) is 8.95. The monoisotopic (exact) mass is 618 g/mol. The number of benzene rings is 2. The van der Waals surface area contributed by atoms with Gasteiger partial charge in [0.1, 0.15) is 16.7 Å². The van der Waals surface area contributed by atoms with Crippen molar-refractivity contribution in [2.24, 2.45) is 0 Å². The zero-order chi connectivity index (χ0) is 20.6. The Morgan fingerprint density at radius 2 is 1.24 bits per heavy atom. The Bertz CT molecular complexity index is 918. The molecule has 0 aliphatic heterocycles. The third-order valence-corrected chi connectivity index (χ3v) is 5.27. The summed E-state index contributed by atoms with van der Waals surface area (Å²) in [6.07, 6.45) is 5.73. The van der Waals surface area contributed by atoms with E-state index in [-0.39, 0.29) is 12.4 Å². The molecule has 3 aromatic rings. The first-order valence-corrected chi connectivity index (χ1v) is 25.5. The summed E-state index contributed by atoms with van der Waals surface area (Å²) < 4.78 is 0. The fourth-order valence-corrected chi connectivity index (χ4v) is 3.81. The molecule has 0 amide bonds. The molecule has 0 radical (unpaired) electrons. The molecule has 4 bridgehead atoms. The van der Waals surface area contributed by atoms with Crippen LogP contribution in [-0.2, 0) is 32.1 Å². The molecule has 0 heterocycles. The molecule has 0 unspecified atom stereocenters. The molecule has 158 valence electrons. The minimum absolute atomic E-state index is 0. The van der Waals surface area contributed by atoms with Gasteiger partial charge < -0.3 is 12.4 Å². The molecule has 29 heavy (non-hydrogen) atoms. The van der Waals surface area contributed by atoms with Gasteiger partial charge in [-0.3, -0.25) is 0 Å². The van der Waals surface area contributed by atoms with Gasteiger partial charge in [-0.1, -0.05) is 37.3 Å². The van der Waals surface area contributed by atoms with E-state index in [2.05, 4.69) is 56.3 Å². The molecule has 7 heteroatoms. The maximum atomic E-state index is 5.05. The van der Waals surface area contributed by atoms with E-state index in [1.54, 1.807) is 11.1 Å².